The summed E-state index contributed by atoms with van der Waals surface area (Å²) in [5.41, 5.74) is 0.634. The summed E-state index contributed by atoms with van der Waals surface area (Å²) in [6.45, 7) is 0.251. The van der Waals surface area contributed by atoms with Gasteiger partial charge in [-0.25, -0.2) is 9.78 Å². The Morgan fingerprint density at radius 1 is 0.977 bits per heavy atom. The van der Waals surface area contributed by atoms with Crippen LogP contribution in [0.15, 0.2) is 59.5 Å². The number of rotatable bonds is 8. The molecule has 14 heteroatoms. The molecule has 6 N–H and O–H groups in total. The lowest BCUT2D eigenvalue weighted by atomic mass is 9.91. The smallest absolute Gasteiger partial charge is 0.404 e. The van der Waals surface area contributed by atoms with E-state index in [1.165, 1.54) is 30.5 Å². The quantitative estimate of drug-likeness (QED) is 0.162. The molecule has 222 valence electrons. The van der Waals surface area contributed by atoms with Crippen LogP contribution in [0.5, 0.6) is 0 Å². The first-order chi connectivity index (χ1) is 20.6. The molecular weight excluding hydrogens is 597 g/mol. The standard InChI is InChI=1S/C29H27Cl2N7O5/c30-18-3-1-2-15(10-18)13-32-25(39)16-4-9-22(31)23(12-16)36-26(40)21-11-17-14-33-28(38-24(17)37-27(21)41)34-19-5-7-20(8-6-19)35-29(42)43/h1-4,9-12,14,19-20,35H,5-8,13H2,(H,32,39)(H,36,40)(H,42,43)(H2,33,34,37,38,41)/t19-,20-. The summed E-state index contributed by atoms with van der Waals surface area (Å²) >= 11 is 12.3. The van der Waals surface area contributed by atoms with E-state index < -0.39 is 17.6 Å². The fraction of sp³-hybridized carbons (Fsp3) is 0.241. The number of carbonyl (C=O) groups excluding carboxylic acids is 2. The van der Waals surface area contributed by atoms with Gasteiger partial charge >= 0.3 is 6.09 Å². The molecule has 0 bridgehead atoms. The average Bonchev–Trinajstić information content (AvgIpc) is 2.97. The number of fused-ring (bicyclic) bond motifs is 1. The molecule has 0 radical (unpaired) electrons. The zero-order chi connectivity index (χ0) is 30.5. The first kappa shape index (κ1) is 29.8. The van der Waals surface area contributed by atoms with Gasteiger partial charge in [-0.05, 0) is 67.6 Å². The normalized spacial score (nSPS) is 16.3. The Morgan fingerprint density at radius 2 is 1.74 bits per heavy atom. The van der Waals surface area contributed by atoms with Crippen molar-refractivity contribution in [3.05, 3.63) is 91.8 Å². The van der Waals surface area contributed by atoms with Gasteiger partial charge in [0.1, 0.15) is 11.2 Å². The van der Waals surface area contributed by atoms with Crippen molar-refractivity contribution >= 4 is 63.8 Å². The van der Waals surface area contributed by atoms with E-state index in [9.17, 15) is 19.2 Å². The van der Waals surface area contributed by atoms with Crippen LogP contribution in [-0.4, -0.2) is 50.0 Å². The molecule has 0 unspecified atom stereocenters. The lowest BCUT2D eigenvalue weighted by Crippen LogP contribution is -2.39. The van der Waals surface area contributed by atoms with Crippen LogP contribution in [-0.2, 0) is 6.54 Å². The van der Waals surface area contributed by atoms with Gasteiger partial charge in [-0.1, -0.05) is 35.3 Å². The van der Waals surface area contributed by atoms with Gasteiger partial charge in [-0.3, -0.25) is 14.4 Å². The number of carbonyl (C=O) groups is 3. The van der Waals surface area contributed by atoms with Crippen LogP contribution in [0.4, 0.5) is 16.4 Å². The van der Waals surface area contributed by atoms with Crippen LogP contribution in [0.2, 0.25) is 10.0 Å². The number of aromatic amines is 1. The molecule has 4 aromatic rings. The largest absolute Gasteiger partial charge is 0.465 e. The lowest BCUT2D eigenvalue weighted by molar-refractivity contribution is 0.0949. The molecule has 43 heavy (non-hydrogen) atoms. The number of aromatic nitrogens is 3. The Hall–Kier alpha value is -4.68. The Balaban J connectivity index is 1.25. The number of nitrogens with zero attached hydrogens (tertiary/aromatic N) is 2. The Bertz CT molecular complexity index is 1760. The molecule has 12 nitrogen and oxygen atoms in total. The number of hydrogen-bond acceptors (Lipinski definition) is 7. The van der Waals surface area contributed by atoms with Gasteiger partial charge in [0.2, 0.25) is 5.95 Å². The Labute approximate surface area is 255 Å². The minimum atomic E-state index is -1.03. The second-order valence-electron chi connectivity index (χ2n) is 10.1. The minimum absolute atomic E-state index is 0.0560. The number of anilines is 2. The van der Waals surface area contributed by atoms with Crippen LogP contribution in [0, 0.1) is 0 Å². The van der Waals surface area contributed by atoms with Crippen LogP contribution in [0.3, 0.4) is 0 Å². The predicted molar refractivity (Wildman–Crippen MR) is 163 cm³/mol. The number of halogens is 2. The molecule has 0 aliphatic heterocycles. The molecule has 2 aromatic heterocycles. The van der Waals surface area contributed by atoms with Crippen molar-refractivity contribution in [2.24, 2.45) is 0 Å². The van der Waals surface area contributed by atoms with E-state index in [0.717, 1.165) is 18.4 Å². The summed E-state index contributed by atoms with van der Waals surface area (Å²) in [5.74, 6) is -0.801. The first-order valence-corrected chi connectivity index (χ1v) is 14.2. The highest BCUT2D eigenvalue weighted by Gasteiger charge is 2.23. The van der Waals surface area contributed by atoms with E-state index in [-0.39, 0.29) is 52.0 Å². The predicted octanol–water partition coefficient (Wildman–Crippen LogP) is 4.80. The molecule has 1 fully saturated rings. The van der Waals surface area contributed by atoms with Gasteiger partial charge < -0.3 is 31.4 Å². The number of nitrogens with one attached hydrogen (secondary N) is 5. The molecule has 2 aromatic carbocycles. The monoisotopic (exact) mass is 623 g/mol. The molecule has 1 aliphatic carbocycles. The van der Waals surface area contributed by atoms with Crippen molar-refractivity contribution in [3.8, 4) is 0 Å². The average molecular weight is 624 g/mol. The van der Waals surface area contributed by atoms with Crippen molar-refractivity contribution < 1.29 is 19.5 Å². The third kappa shape index (κ3) is 7.59. The number of hydrogen-bond donors (Lipinski definition) is 6. The molecule has 0 saturated heterocycles. The van der Waals surface area contributed by atoms with Crippen molar-refractivity contribution in [1.29, 1.82) is 0 Å². The number of benzene rings is 2. The Kier molecular flexibility index (Phi) is 9.07. The summed E-state index contributed by atoms with van der Waals surface area (Å²) in [6.07, 6.45) is 3.30. The molecule has 1 aliphatic rings. The van der Waals surface area contributed by atoms with Crippen molar-refractivity contribution in [3.63, 3.8) is 0 Å². The van der Waals surface area contributed by atoms with Crippen LogP contribution in [0.1, 0.15) is 52.0 Å². The van der Waals surface area contributed by atoms with E-state index in [0.29, 0.717) is 29.2 Å². The topological polar surface area (TPSA) is 178 Å². The van der Waals surface area contributed by atoms with Crippen molar-refractivity contribution in [1.82, 2.24) is 25.6 Å². The number of amides is 3. The second-order valence-corrected chi connectivity index (χ2v) is 11.0. The van der Waals surface area contributed by atoms with Gasteiger partial charge in [-0.2, -0.15) is 4.98 Å². The molecular formula is C29H27Cl2N7O5. The summed E-state index contributed by atoms with van der Waals surface area (Å²) in [4.78, 5) is 60.8. The van der Waals surface area contributed by atoms with Crippen LogP contribution >= 0.6 is 23.2 Å². The van der Waals surface area contributed by atoms with Gasteiger partial charge in [0.25, 0.3) is 17.4 Å². The fourth-order valence-corrected chi connectivity index (χ4v) is 5.23. The van der Waals surface area contributed by atoms with Crippen LogP contribution < -0.4 is 26.8 Å². The highest BCUT2D eigenvalue weighted by atomic mass is 35.5. The number of pyridine rings is 1. The SMILES string of the molecule is O=C(O)N[C@H]1CC[C@H](Nc2ncc3cc(C(=O)Nc4cc(C(=O)NCc5cccc(Cl)c5)ccc4Cl)c(=O)[nH]c3n2)CC1. The molecule has 5 rings (SSSR count). The highest BCUT2D eigenvalue weighted by Crippen LogP contribution is 2.25. The zero-order valence-electron chi connectivity index (χ0n) is 22.6. The van der Waals surface area contributed by atoms with E-state index in [2.05, 4.69) is 36.2 Å². The van der Waals surface area contributed by atoms with E-state index >= 15 is 0 Å². The van der Waals surface area contributed by atoms with Gasteiger partial charge in [0.05, 0.1) is 10.7 Å². The second kappa shape index (κ2) is 13.1. The summed E-state index contributed by atoms with van der Waals surface area (Å²) < 4.78 is 0. The maximum Gasteiger partial charge on any atom is 0.404 e. The van der Waals surface area contributed by atoms with Crippen molar-refractivity contribution in [2.75, 3.05) is 10.6 Å². The zero-order valence-corrected chi connectivity index (χ0v) is 24.1. The first-order valence-electron chi connectivity index (χ1n) is 13.4. The van der Waals surface area contributed by atoms with Gasteiger partial charge in [0.15, 0.2) is 0 Å². The van der Waals surface area contributed by atoms with E-state index in [1.54, 1.807) is 18.2 Å². The molecule has 2 heterocycles. The molecule has 3 amide bonds. The third-order valence-corrected chi connectivity index (χ3v) is 7.61. The third-order valence-electron chi connectivity index (χ3n) is 7.04. The number of carboxylic acid groups (broad SMARTS) is 1. The summed E-state index contributed by atoms with van der Waals surface area (Å²) in [6, 6.07) is 12.9. The lowest BCUT2D eigenvalue weighted by Gasteiger charge is -2.28. The highest BCUT2D eigenvalue weighted by molar-refractivity contribution is 6.34. The van der Waals surface area contributed by atoms with E-state index in [4.69, 9.17) is 28.3 Å². The number of H-pyrrole nitrogens is 1. The summed E-state index contributed by atoms with van der Waals surface area (Å²) in [7, 11) is 0. The minimum Gasteiger partial charge on any atom is -0.465 e. The maximum absolute atomic E-state index is 13.1. The molecule has 0 atom stereocenters. The van der Waals surface area contributed by atoms with Crippen LogP contribution in [0.25, 0.3) is 11.0 Å². The van der Waals surface area contributed by atoms with E-state index in [1.807, 2.05) is 6.07 Å². The summed E-state index contributed by atoms with van der Waals surface area (Å²) in [5, 5.41) is 21.2. The molecule has 0 spiro atoms. The van der Waals surface area contributed by atoms with Crippen molar-refractivity contribution in [2.45, 2.75) is 44.3 Å². The molecule has 1 saturated carbocycles. The van der Waals surface area contributed by atoms with Gasteiger partial charge in [-0.15, -0.1) is 0 Å². The fourth-order valence-electron chi connectivity index (χ4n) is 4.85. The van der Waals surface area contributed by atoms with Gasteiger partial charge in [0, 0.05) is 40.8 Å². The Morgan fingerprint density at radius 3 is 2.49 bits per heavy atom. The maximum atomic E-state index is 13.1.